The summed E-state index contributed by atoms with van der Waals surface area (Å²) in [6.45, 7) is 0.0767. The predicted molar refractivity (Wildman–Crippen MR) is 76.5 cm³/mol. The first-order chi connectivity index (χ1) is 12.0. The van der Waals surface area contributed by atoms with E-state index in [0.29, 0.717) is 6.07 Å². The van der Waals surface area contributed by atoms with Crippen molar-refractivity contribution in [2.24, 2.45) is 5.92 Å². The summed E-state index contributed by atoms with van der Waals surface area (Å²) in [6, 6.07) is 2.34. The van der Waals surface area contributed by atoms with Gasteiger partial charge in [0.05, 0.1) is 4.90 Å². The van der Waals surface area contributed by atoms with E-state index in [1.807, 2.05) is 0 Å². The summed E-state index contributed by atoms with van der Waals surface area (Å²) < 4.78 is 93.1. The number of hydrogen-bond acceptors (Lipinski definition) is 6. The number of rotatable bonds is 4. The third-order valence-corrected chi connectivity index (χ3v) is 5.28. The molecule has 2 aliphatic heterocycles. The van der Waals surface area contributed by atoms with Crippen molar-refractivity contribution in [2.45, 2.75) is 30.0 Å². The van der Waals surface area contributed by atoms with Gasteiger partial charge in [0.15, 0.2) is 11.5 Å². The van der Waals surface area contributed by atoms with Crippen molar-refractivity contribution in [1.29, 1.82) is 0 Å². The Labute approximate surface area is 145 Å². The minimum atomic E-state index is -4.73. The standard InChI is InChI=1S/C14H13F4NO6S/c15-13(16,8-3-5-23-6-4-8)12(20)19-26(21,22)9-1-2-10-11(7-9)25-14(17,18)24-10/h1-2,7-8H,3-6H2,(H,19,20). The first kappa shape index (κ1) is 18.7. The van der Waals surface area contributed by atoms with Crippen LogP contribution >= 0.6 is 0 Å². The minimum absolute atomic E-state index is 0.0384. The molecule has 1 amide bonds. The number of carbonyl (C=O) groups excluding carboxylic acids is 1. The molecule has 0 radical (unpaired) electrons. The highest BCUT2D eigenvalue weighted by atomic mass is 32.2. The second-order valence-electron chi connectivity index (χ2n) is 5.72. The number of alkyl halides is 4. The zero-order chi connectivity index (χ0) is 19.2. The molecule has 1 aromatic rings. The number of benzene rings is 1. The normalized spacial score (nSPS) is 20.0. The molecule has 0 aromatic heterocycles. The number of amides is 1. The second-order valence-corrected chi connectivity index (χ2v) is 7.40. The maximum absolute atomic E-state index is 14.2. The molecule has 1 aromatic carbocycles. The van der Waals surface area contributed by atoms with Crippen molar-refractivity contribution in [1.82, 2.24) is 4.72 Å². The zero-order valence-electron chi connectivity index (χ0n) is 13.0. The van der Waals surface area contributed by atoms with Gasteiger partial charge >= 0.3 is 18.1 Å². The number of carbonyl (C=O) groups is 1. The van der Waals surface area contributed by atoms with E-state index >= 15 is 0 Å². The van der Waals surface area contributed by atoms with Crippen LogP contribution in [0.5, 0.6) is 11.5 Å². The number of ether oxygens (including phenoxy) is 3. The lowest BCUT2D eigenvalue weighted by molar-refractivity contribution is -0.286. The molecular formula is C14H13F4NO6S. The van der Waals surface area contributed by atoms with Crippen LogP contribution in [0.25, 0.3) is 0 Å². The minimum Gasteiger partial charge on any atom is -0.395 e. The highest BCUT2D eigenvalue weighted by Gasteiger charge is 2.49. The molecule has 0 unspecified atom stereocenters. The van der Waals surface area contributed by atoms with Crippen LogP contribution in [-0.2, 0) is 19.6 Å². The summed E-state index contributed by atoms with van der Waals surface area (Å²) >= 11 is 0. The molecule has 1 saturated heterocycles. The van der Waals surface area contributed by atoms with Crippen LogP contribution in [0.1, 0.15) is 12.8 Å². The lowest BCUT2D eigenvalue weighted by atomic mass is 9.92. The van der Waals surface area contributed by atoms with Crippen LogP contribution in [-0.4, -0.2) is 39.8 Å². The van der Waals surface area contributed by atoms with Crippen molar-refractivity contribution >= 4 is 15.9 Å². The lowest BCUT2D eigenvalue weighted by Gasteiger charge is -2.28. The molecule has 0 atom stereocenters. The molecule has 26 heavy (non-hydrogen) atoms. The summed E-state index contributed by atoms with van der Waals surface area (Å²) in [5.74, 6) is -8.30. The Morgan fingerprint density at radius 2 is 1.77 bits per heavy atom. The summed E-state index contributed by atoms with van der Waals surface area (Å²) in [7, 11) is -4.73. The SMILES string of the molecule is O=C(NS(=O)(=O)c1ccc2c(c1)OC(F)(F)O2)C(F)(F)C1CCOCC1. The number of fused-ring (bicyclic) bond motifs is 1. The third kappa shape index (κ3) is 3.56. The largest absolute Gasteiger partial charge is 0.586 e. The predicted octanol–water partition coefficient (Wildman–Crippen LogP) is 1.87. The van der Waals surface area contributed by atoms with Crippen molar-refractivity contribution in [3.63, 3.8) is 0 Å². The van der Waals surface area contributed by atoms with Crippen molar-refractivity contribution in [3.8, 4) is 11.5 Å². The number of sulfonamides is 1. The van der Waals surface area contributed by atoms with Gasteiger partial charge in [0, 0.05) is 25.2 Å². The highest BCUT2D eigenvalue weighted by Crippen LogP contribution is 2.42. The molecule has 144 valence electrons. The maximum atomic E-state index is 14.2. The van der Waals surface area contributed by atoms with E-state index < -0.39 is 50.5 Å². The Morgan fingerprint density at radius 1 is 1.15 bits per heavy atom. The molecule has 0 saturated carbocycles. The van der Waals surface area contributed by atoms with Gasteiger partial charge in [-0.05, 0) is 25.0 Å². The molecular weight excluding hydrogens is 386 g/mol. The Hall–Kier alpha value is -2.08. The van der Waals surface area contributed by atoms with Gasteiger partial charge in [0.25, 0.3) is 10.0 Å². The zero-order valence-corrected chi connectivity index (χ0v) is 13.8. The summed E-state index contributed by atoms with van der Waals surface area (Å²) in [4.78, 5) is 11.1. The average Bonchev–Trinajstić information content (AvgIpc) is 2.88. The van der Waals surface area contributed by atoms with Gasteiger partial charge in [-0.2, -0.15) is 8.78 Å². The fourth-order valence-corrected chi connectivity index (χ4v) is 3.60. The molecule has 2 aliphatic rings. The van der Waals surface area contributed by atoms with Gasteiger partial charge in [-0.3, -0.25) is 4.79 Å². The topological polar surface area (TPSA) is 90.9 Å². The van der Waals surface area contributed by atoms with Crippen LogP contribution in [0.3, 0.4) is 0 Å². The van der Waals surface area contributed by atoms with Crippen LogP contribution in [0.2, 0.25) is 0 Å². The quantitative estimate of drug-likeness (QED) is 0.778. The molecule has 2 heterocycles. The summed E-state index contributed by atoms with van der Waals surface area (Å²) in [5.41, 5.74) is 0. The smallest absolute Gasteiger partial charge is 0.395 e. The summed E-state index contributed by atoms with van der Waals surface area (Å²) in [5, 5.41) is 0. The molecule has 0 bridgehead atoms. The van der Waals surface area contributed by atoms with Gasteiger partial charge in [0.2, 0.25) is 0 Å². The Balaban J connectivity index is 1.78. The molecule has 1 fully saturated rings. The lowest BCUT2D eigenvalue weighted by Crippen LogP contribution is -2.48. The monoisotopic (exact) mass is 399 g/mol. The molecule has 3 rings (SSSR count). The van der Waals surface area contributed by atoms with E-state index in [0.717, 1.165) is 12.1 Å². The number of hydrogen-bond donors (Lipinski definition) is 1. The Kier molecular flexibility index (Phi) is 4.51. The first-order valence-corrected chi connectivity index (χ1v) is 8.92. The van der Waals surface area contributed by atoms with E-state index in [4.69, 9.17) is 4.74 Å². The molecule has 12 heteroatoms. The second kappa shape index (κ2) is 6.27. The van der Waals surface area contributed by atoms with Gasteiger partial charge in [-0.15, -0.1) is 8.78 Å². The van der Waals surface area contributed by atoms with Gasteiger partial charge in [-0.1, -0.05) is 0 Å². The van der Waals surface area contributed by atoms with Gasteiger partial charge in [-0.25, -0.2) is 13.1 Å². The van der Waals surface area contributed by atoms with E-state index in [9.17, 15) is 30.8 Å². The fourth-order valence-electron chi connectivity index (χ4n) is 2.59. The van der Waals surface area contributed by atoms with E-state index in [1.54, 1.807) is 0 Å². The number of halogens is 4. The third-order valence-electron chi connectivity index (χ3n) is 3.95. The number of nitrogens with one attached hydrogen (secondary N) is 1. The van der Waals surface area contributed by atoms with Crippen LogP contribution < -0.4 is 14.2 Å². The summed E-state index contributed by atoms with van der Waals surface area (Å²) in [6.07, 6.45) is -4.16. The molecule has 0 aliphatic carbocycles. The molecule has 1 N–H and O–H groups in total. The van der Waals surface area contributed by atoms with E-state index in [-0.39, 0.29) is 26.1 Å². The average molecular weight is 399 g/mol. The van der Waals surface area contributed by atoms with Crippen LogP contribution in [0.15, 0.2) is 23.1 Å². The fraction of sp³-hybridized carbons (Fsp3) is 0.500. The van der Waals surface area contributed by atoms with E-state index in [1.165, 1.54) is 4.72 Å². The van der Waals surface area contributed by atoms with Crippen molar-refractivity contribution in [3.05, 3.63) is 18.2 Å². The van der Waals surface area contributed by atoms with E-state index in [2.05, 4.69) is 9.47 Å². The Morgan fingerprint density at radius 3 is 2.42 bits per heavy atom. The van der Waals surface area contributed by atoms with Crippen molar-refractivity contribution < 1.29 is 45.0 Å². The highest BCUT2D eigenvalue weighted by molar-refractivity contribution is 7.90. The molecule has 0 spiro atoms. The van der Waals surface area contributed by atoms with Crippen LogP contribution in [0.4, 0.5) is 17.6 Å². The molecule has 7 nitrogen and oxygen atoms in total. The van der Waals surface area contributed by atoms with Crippen LogP contribution in [0, 0.1) is 5.92 Å². The maximum Gasteiger partial charge on any atom is 0.586 e. The first-order valence-electron chi connectivity index (χ1n) is 7.44. The Bertz CT molecular complexity index is 823. The van der Waals surface area contributed by atoms with Gasteiger partial charge in [0.1, 0.15) is 0 Å². The van der Waals surface area contributed by atoms with Crippen molar-refractivity contribution in [2.75, 3.05) is 13.2 Å². The van der Waals surface area contributed by atoms with Gasteiger partial charge < -0.3 is 14.2 Å².